The summed E-state index contributed by atoms with van der Waals surface area (Å²) >= 11 is 13.4. The maximum Gasteiger partial charge on any atom is 0.317 e. The lowest BCUT2D eigenvalue weighted by atomic mass is 10.1. The van der Waals surface area contributed by atoms with Crippen LogP contribution in [-0.4, -0.2) is 47.0 Å². The smallest absolute Gasteiger partial charge is 0.317 e. The van der Waals surface area contributed by atoms with Gasteiger partial charge in [-0.3, -0.25) is 33.8 Å². The molecule has 2 heterocycles. The molecule has 4 rings (SSSR count). The first kappa shape index (κ1) is 40.1. The normalized spacial score (nSPS) is 15.2. The molecule has 0 bridgehead atoms. The lowest BCUT2D eigenvalue weighted by Gasteiger charge is -2.21. The molecule has 0 saturated heterocycles. The van der Waals surface area contributed by atoms with Crippen LogP contribution in [0, 0.1) is 0 Å². The van der Waals surface area contributed by atoms with Gasteiger partial charge in [0.15, 0.2) is 0 Å². The Hall–Kier alpha value is -3.33. The van der Waals surface area contributed by atoms with E-state index in [1.807, 2.05) is 62.4 Å². The summed E-state index contributed by atoms with van der Waals surface area (Å²) in [6.45, 7) is 5.24. The molecule has 2 aromatic carbocycles. The Morgan fingerprint density at radius 2 is 1.08 bits per heavy atom. The molecule has 2 aliphatic heterocycles. The second-order valence-electron chi connectivity index (χ2n) is 10.7. The van der Waals surface area contributed by atoms with E-state index < -0.39 is 36.5 Å². The fraction of sp³-hybridized carbons (Fsp3) is 0.286. The highest BCUT2D eigenvalue weighted by Crippen LogP contribution is 2.38. The van der Waals surface area contributed by atoms with Crippen molar-refractivity contribution >= 4 is 105 Å². The Kier molecular flexibility index (Phi) is 15.7. The molecule has 260 valence electrons. The van der Waals surface area contributed by atoms with Crippen molar-refractivity contribution < 1.29 is 38.6 Å². The van der Waals surface area contributed by atoms with Crippen LogP contribution in [0.15, 0.2) is 102 Å². The Balaban J connectivity index is 0.000000267. The molecule has 0 saturated carbocycles. The number of anilines is 2. The third kappa shape index (κ3) is 10.8. The second kappa shape index (κ2) is 19.2. The number of allylic oxidation sites excluding steroid dienone is 2. The van der Waals surface area contributed by atoms with Gasteiger partial charge in [0.2, 0.25) is 0 Å². The number of halogens is 4. The molecule has 2 amide bonds. The molecule has 0 radical (unpaired) electrons. The third-order valence-electron chi connectivity index (χ3n) is 7.06. The van der Waals surface area contributed by atoms with Gasteiger partial charge < -0.3 is 14.6 Å². The third-order valence-corrected chi connectivity index (χ3v) is 8.68. The molecule has 10 nitrogen and oxygen atoms in total. The first-order chi connectivity index (χ1) is 23.3. The number of ether oxygens (including phenoxy) is 2. The number of aliphatic carboxylic acids is 1. The van der Waals surface area contributed by atoms with Gasteiger partial charge in [-0.25, -0.2) is 0 Å². The van der Waals surface area contributed by atoms with Crippen molar-refractivity contribution in [3.05, 3.63) is 102 Å². The number of amides is 2. The molecule has 2 unspecified atom stereocenters. The van der Waals surface area contributed by atoms with Crippen LogP contribution in [0.2, 0.25) is 0 Å². The van der Waals surface area contributed by atoms with Crippen LogP contribution in [0.25, 0.3) is 0 Å². The van der Waals surface area contributed by atoms with Gasteiger partial charge in [0, 0.05) is 18.3 Å². The highest BCUT2D eigenvalue weighted by atomic mass is 79.9. The van der Waals surface area contributed by atoms with E-state index >= 15 is 0 Å². The molecular weight excluding hydrogens is 896 g/mol. The average Bonchev–Trinajstić information content (AvgIpc) is 3.58. The highest BCUT2D eigenvalue weighted by molar-refractivity contribution is 9.28. The number of hydrogen-bond acceptors (Lipinski definition) is 7. The topological polar surface area (TPSA) is 131 Å². The van der Waals surface area contributed by atoms with E-state index in [-0.39, 0.29) is 11.8 Å². The molecule has 0 fully saturated rings. The minimum atomic E-state index is -1.27. The maximum absolute atomic E-state index is 13.0. The summed E-state index contributed by atoms with van der Waals surface area (Å²) in [6, 6.07) is 18.4. The van der Waals surface area contributed by atoms with E-state index in [1.165, 1.54) is 11.8 Å². The van der Waals surface area contributed by atoms with E-state index in [0.717, 1.165) is 12.1 Å². The van der Waals surface area contributed by atoms with Gasteiger partial charge in [-0.05, 0) is 113 Å². The average molecular weight is 930 g/mol. The zero-order valence-electron chi connectivity index (χ0n) is 26.8. The number of carbonyl (C=O) groups is 5. The van der Waals surface area contributed by atoms with Crippen molar-refractivity contribution in [3.8, 4) is 0 Å². The largest absolute Gasteiger partial charge is 0.481 e. The fourth-order valence-electron chi connectivity index (χ4n) is 5.03. The SMILES string of the molecule is CCCC(OC(=O)CC(=O)O)C1=CC(=C(Br)Br)N(c2ccccc2)C1=O.CCCC(OC(C)=O)C1=CC(=C(Br)Br)N(c2ccccc2)C1=O. The summed E-state index contributed by atoms with van der Waals surface area (Å²) < 4.78 is 11.9. The molecule has 2 aromatic rings. The molecule has 2 aliphatic rings. The number of carbonyl (C=O) groups excluding carboxylic acids is 4. The summed E-state index contributed by atoms with van der Waals surface area (Å²) in [5.74, 6) is -3.02. The number of para-hydroxylation sites is 2. The predicted molar refractivity (Wildman–Crippen MR) is 201 cm³/mol. The monoisotopic (exact) mass is 926 g/mol. The van der Waals surface area contributed by atoms with Gasteiger partial charge in [0.25, 0.3) is 11.8 Å². The molecule has 1 N–H and O–H groups in total. The van der Waals surface area contributed by atoms with Crippen molar-refractivity contribution in [2.75, 3.05) is 9.80 Å². The minimum Gasteiger partial charge on any atom is -0.481 e. The number of carboxylic acids is 1. The van der Waals surface area contributed by atoms with Crippen LogP contribution in [0.1, 0.15) is 52.9 Å². The summed E-state index contributed by atoms with van der Waals surface area (Å²) in [4.78, 5) is 62.9. The first-order valence-electron chi connectivity index (χ1n) is 15.2. The molecule has 49 heavy (non-hydrogen) atoms. The summed E-state index contributed by atoms with van der Waals surface area (Å²) in [6.07, 6.45) is 3.81. The molecule has 0 aliphatic carbocycles. The zero-order valence-corrected chi connectivity index (χ0v) is 33.2. The van der Waals surface area contributed by atoms with Crippen molar-refractivity contribution in [2.45, 2.75) is 65.1 Å². The lowest BCUT2D eigenvalue weighted by molar-refractivity contribution is -0.154. The number of benzene rings is 2. The molecule has 14 heteroatoms. The number of carboxylic acid groups (broad SMARTS) is 1. The van der Waals surface area contributed by atoms with Crippen molar-refractivity contribution in [1.29, 1.82) is 0 Å². The fourth-order valence-corrected chi connectivity index (χ4v) is 6.20. The molecule has 0 spiro atoms. The van der Waals surface area contributed by atoms with Crippen molar-refractivity contribution in [1.82, 2.24) is 0 Å². The number of rotatable bonds is 12. The maximum atomic E-state index is 13.0. The van der Waals surface area contributed by atoms with Gasteiger partial charge >= 0.3 is 17.9 Å². The molecule has 0 aromatic heterocycles. The van der Waals surface area contributed by atoms with Crippen LogP contribution in [-0.2, 0) is 33.4 Å². The minimum absolute atomic E-state index is 0.178. The van der Waals surface area contributed by atoms with E-state index in [1.54, 1.807) is 29.2 Å². The lowest BCUT2D eigenvalue weighted by Crippen LogP contribution is -2.31. The van der Waals surface area contributed by atoms with E-state index in [0.29, 0.717) is 54.3 Å². The quantitative estimate of drug-likeness (QED) is 0.165. The van der Waals surface area contributed by atoms with E-state index in [2.05, 4.69) is 63.7 Å². The molecular formula is C35H34Br4N2O8. The zero-order chi connectivity index (χ0) is 36.2. The standard InChI is InChI=1S/C18H17Br2NO5.C17H17Br2NO3/c1-2-6-14(26-16(24)10-15(22)23)12-9-13(17(19)20)21(18(12)25)11-7-4-3-5-8-11;1-3-7-15(23-11(2)21)13-10-14(16(18)19)20(17(13)22)12-8-5-4-6-9-12/h3-5,7-9,14H,2,6,10H2,1H3,(H,22,23);4-6,8-10,15H,3,7H2,1-2H3. The summed E-state index contributed by atoms with van der Waals surface area (Å²) in [5, 5.41) is 8.74. The van der Waals surface area contributed by atoms with Gasteiger partial charge in [-0.15, -0.1) is 0 Å². The van der Waals surface area contributed by atoms with Gasteiger partial charge in [-0.1, -0.05) is 63.1 Å². The Bertz CT molecular complexity index is 1680. The Labute approximate surface area is 318 Å². The van der Waals surface area contributed by atoms with Crippen LogP contribution in [0.4, 0.5) is 11.4 Å². The van der Waals surface area contributed by atoms with E-state index in [4.69, 9.17) is 14.6 Å². The van der Waals surface area contributed by atoms with Crippen LogP contribution in [0.5, 0.6) is 0 Å². The summed E-state index contributed by atoms with van der Waals surface area (Å²) in [5.41, 5.74) is 3.48. The van der Waals surface area contributed by atoms with Gasteiger partial charge in [0.05, 0.1) is 29.3 Å². The van der Waals surface area contributed by atoms with Crippen LogP contribution >= 0.6 is 63.7 Å². The number of nitrogens with zero attached hydrogens (tertiary/aromatic N) is 2. The predicted octanol–water partition coefficient (Wildman–Crippen LogP) is 8.76. The van der Waals surface area contributed by atoms with Crippen LogP contribution in [0.3, 0.4) is 0 Å². The van der Waals surface area contributed by atoms with Gasteiger partial charge in [0.1, 0.15) is 18.6 Å². The Morgan fingerprint density at radius 3 is 1.41 bits per heavy atom. The van der Waals surface area contributed by atoms with Crippen LogP contribution < -0.4 is 9.80 Å². The number of esters is 2. The van der Waals surface area contributed by atoms with Gasteiger partial charge in [-0.2, -0.15) is 0 Å². The highest BCUT2D eigenvalue weighted by Gasteiger charge is 2.37. The second-order valence-corrected chi connectivity index (χ2v) is 16.0. The van der Waals surface area contributed by atoms with Crippen molar-refractivity contribution in [3.63, 3.8) is 0 Å². The Morgan fingerprint density at radius 1 is 0.694 bits per heavy atom. The number of hydrogen-bond donors (Lipinski definition) is 1. The van der Waals surface area contributed by atoms with E-state index in [9.17, 15) is 24.0 Å². The molecule has 2 atom stereocenters. The summed E-state index contributed by atoms with van der Waals surface area (Å²) in [7, 11) is 0. The van der Waals surface area contributed by atoms with Crippen molar-refractivity contribution in [2.24, 2.45) is 0 Å². The first-order valence-corrected chi connectivity index (χ1v) is 18.4.